The molecule has 1 amide bonds. The van der Waals surface area contributed by atoms with E-state index in [1.807, 2.05) is 24.3 Å². The highest BCUT2D eigenvalue weighted by atomic mass is 16.6. The molecule has 33 heavy (non-hydrogen) atoms. The predicted molar refractivity (Wildman–Crippen MR) is 124 cm³/mol. The van der Waals surface area contributed by atoms with E-state index in [0.29, 0.717) is 24.3 Å². The molecule has 0 aliphatic heterocycles. The molecule has 1 aliphatic rings. The van der Waals surface area contributed by atoms with E-state index in [1.165, 1.54) is 36.4 Å². The molecular formula is C26H22N2O5. The molecule has 0 unspecified atom stereocenters. The van der Waals surface area contributed by atoms with Gasteiger partial charge >= 0.3 is 6.09 Å². The fourth-order valence-corrected chi connectivity index (χ4v) is 3.94. The van der Waals surface area contributed by atoms with Crippen molar-refractivity contribution >= 4 is 11.8 Å². The highest BCUT2D eigenvalue weighted by Crippen LogP contribution is 2.44. The maximum atomic E-state index is 12.2. The lowest BCUT2D eigenvalue weighted by Gasteiger charge is -2.14. The first-order valence-electron chi connectivity index (χ1n) is 10.5. The molecule has 7 heteroatoms. The van der Waals surface area contributed by atoms with E-state index >= 15 is 0 Å². The van der Waals surface area contributed by atoms with Crippen LogP contribution in [0.25, 0.3) is 11.1 Å². The predicted octanol–water partition coefficient (Wildman–Crippen LogP) is 4.88. The number of methoxy groups -OCH3 is 1. The van der Waals surface area contributed by atoms with Crippen LogP contribution in [0.4, 0.5) is 10.5 Å². The van der Waals surface area contributed by atoms with Gasteiger partial charge in [0, 0.05) is 31.0 Å². The molecule has 0 fully saturated rings. The molecule has 0 radical (unpaired) electrons. The minimum absolute atomic E-state index is 0.00396. The number of non-ortho nitro benzene ring substituents is 1. The molecule has 4 rings (SSSR count). The van der Waals surface area contributed by atoms with Gasteiger partial charge in [0.2, 0.25) is 0 Å². The first kappa shape index (κ1) is 21.9. The molecule has 1 N–H and O–H groups in total. The van der Waals surface area contributed by atoms with Crippen molar-refractivity contribution in [3.05, 3.63) is 93.5 Å². The summed E-state index contributed by atoms with van der Waals surface area (Å²) in [7, 11) is 1.48. The number of nitrogens with one attached hydrogen (secondary N) is 1. The van der Waals surface area contributed by atoms with E-state index in [-0.39, 0.29) is 18.2 Å². The fraction of sp³-hybridized carbons (Fsp3) is 0.192. The van der Waals surface area contributed by atoms with Gasteiger partial charge in [-0.15, -0.1) is 0 Å². The Hall–Kier alpha value is -4.31. The van der Waals surface area contributed by atoms with Crippen LogP contribution in [0.5, 0.6) is 5.75 Å². The Kier molecular flexibility index (Phi) is 6.56. The summed E-state index contributed by atoms with van der Waals surface area (Å²) in [6.07, 6.45) is -0.151. The Morgan fingerprint density at radius 2 is 1.73 bits per heavy atom. The molecule has 3 aromatic carbocycles. The second kappa shape index (κ2) is 9.88. The summed E-state index contributed by atoms with van der Waals surface area (Å²) in [5.74, 6) is 6.22. The topological polar surface area (TPSA) is 90.7 Å². The van der Waals surface area contributed by atoms with E-state index in [0.717, 1.165) is 11.1 Å². The van der Waals surface area contributed by atoms with Crippen molar-refractivity contribution in [2.75, 3.05) is 20.3 Å². The molecule has 7 nitrogen and oxygen atoms in total. The van der Waals surface area contributed by atoms with Crippen LogP contribution < -0.4 is 10.1 Å². The van der Waals surface area contributed by atoms with Crippen LogP contribution in [0.2, 0.25) is 0 Å². The average Bonchev–Trinajstić information content (AvgIpc) is 3.16. The van der Waals surface area contributed by atoms with E-state index in [9.17, 15) is 14.9 Å². The first-order valence-corrected chi connectivity index (χ1v) is 10.5. The number of hydrogen-bond acceptors (Lipinski definition) is 5. The van der Waals surface area contributed by atoms with Crippen molar-refractivity contribution in [1.82, 2.24) is 5.32 Å². The van der Waals surface area contributed by atoms with Crippen LogP contribution >= 0.6 is 0 Å². The number of carbonyl (C=O) groups is 1. The van der Waals surface area contributed by atoms with Crippen molar-refractivity contribution in [3.8, 4) is 28.7 Å². The van der Waals surface area contributed by atoms with Crippen molar-refractivity contribution in [3.63, 3.8) is 0 Å². The van der Waals surface area contributed by atoms with Gasteiger partial charge in [-0.2, -0.15) is 0 Å². The van der Waals surface area contributed by atoms with E-state index < -0.39 is 11.0 Å². The van der Waals surface area contributed by atoms with Crippen molar-refractivity contribution in [1.29, 1.82) is 0 Å². The average molecular weight is 442 g/mol. The lowest BCUT2D eigenvalue weighted by Crippen LogP contribution is -2.26. The second-order valence-electron chi connectivity index (χ2n) is 7.45. The number of fused-ring (bicyclic) bond motifs is 3. The lowest BCUT2D eigenvalue weighted by atomic mass is 9.98. The Bertz CT molecular complexity index is 1210. The van der Waals surface area contributed by atoms with Crippen molar-refractivity contribution in [2.24, 2.45) is 0 Å². The number of nitrogens with zero attached hydrogens (tertiary/aromatic N) is 1. The lowest BCUT2D eigenvalue weighted by molar-refractivity contribution is -0.384. The summed E-state index contributed by atoms with van der Waals surface area (Å²) in [4.78, 5) is 22.7. The highest BCUT2D eigenvalue weighted by Gasteiger charge is 2.28. The second-order valence-corrected chi connectivity index (χ2v) is 7.45. The van der Waals surface area contributed by atoms with Crippen LogP contribution in [0.3, 0.4) is 0 Å². The molecule has 0 heterocycles. The first-order chi connectivity index (χ1) is 16.1. The molecule has 0 bridgehead atoms. The smallest absolute Gasteiger partial charge is 0.407 e. The fourth-order valence-electron chi connectivity index (χ4n) is 3.94. The quantitative estimate of drug-likeness (QED) is 0.254. The standard InChI is InChI=1S/C26H22N2O5/c1-32-25-14-13-19(28(30)31)16-18(25)8-6-7-15-27-26(29)33-17-24-22-11-4-2-9-20(22)21-10-3-5-12-23(21)24/h2-5,9-14,16,24H,7,15,17H2,1H3,(H,27,29). The molecule has 0 aromatic heterocycles. The number of hydrogen-bond donors (Lipinski definition) is 1. The third-order valence-corrected chi connectivity index (χ3v) is 5.48. The summed E-state index contributed by atoms with van der Waals surface area (Å²) < 4.78 is 10.7. The largest absolute Gasteiger partial charge is 0.495 e. The number of ether oxygens (including phenoxy) is 2. The summed E-state index contributed by atoms with van der Waals surface area (Å²) in [5, 5.41) is 13.6. The monoisotopic (exact) mass is 442 g/mol. The van der Waals surface area contributed by atoms with Crippen LogP contribution in [0.1, 0.15) is 29.0 Å². The van der Waals surface area contributed by atoms with Crippen LogP contribution in [0.15, 0.2) is 66.7 Å². The zero-order valence-corrected chi connectivity index (χ0v) is 18.0. The molecule has 0 saturated heterocycles. The number of nitro groups is 1. The van der Waals surface area contributed by atoms with Crippen LogP contribution in [-0.4, -0.2) is 31.3 Å². The summed E-state index contributed by atoms with van der Waals surface area (Å²) in [6.45, 7) is 0.539. The van der Waals surface area contributed by atoms with Gasteiger partial charge in [0.15, 0.2) is 0 Å². The Morgan fingerprint density at radius 1 is 1.06 bits per heavy atom. The minimum Gasteiger partial charge on any atom is -0.495 e. The van der Waals surface area contributed by atoms with E-state index in [1.54, 1.807) is 0 Å². The number of nitro benzene ring substituents is 1. The van der Waals surface area contributed by atoms with Crippen LogP contribution in [-0.2, 0) is 4.74 Å². The van der Waals surface area contributed by atoms with Gasteiger partial charge in [0.1, 0.15) is 12.4 Å². The minimum atomic E-state index is -0.508. The highest BCUT2D eigenvalue weighted by molar-refractivity contribution is 5.79. The number of rotatable bonds is 6. The molecule has 0 saturated carbocycles. The van der Waals surface area contributed by atoms with Gasteiger partial charge in [-0.05, 0) is 28.3 Å². The molecule has 166 valence electrons. The molecule has 0 spiro atoms. The maximum absolute atomic E-state index is 12.2. The number of alkyl carbamates (subject to hydrolysis) is 1. The third-order valence-electron chi connectivity index (χ3n) is 5.48. The summed E-state index contributed by atoms with van der Waals surface area (Å²) >= 11 is 0. The summed E-state index contributed by atoms with van der Waals surface area (Å²) in [5.41, 5.74) is 5.03. The van der Waals surface area contributed by atoms with Crippen LogP contribution in [0, 0.1) is 22.0 Å². The number of benzene rings is 3. The number of carbonyl (C=O) groups excluding carboxylic acids is 1. The zero-order chi connectivity index (χ0) is 23.2. The van der Waals surface area contributed by atoms with Gasteiger partial charge in [-0.25, -0.2) is 4.79 Å². The Labute approximate surface area is 191 Å². The molecule has 3 aromatic rings. The Morgan fingerprint density at radius 3 is 2.36 bits per heavy atom. The molecule has 0 atom stereocenters. The normalized spacial score (nSPS) is 11.5. The van der Waals surface area contributed by atoms with Crippen molar-refractivity contribution in [2.45, 2.75) is 12.3 Å². The van der Waals surface area contributed by atoms with E-state index in [4.69, 9.17) is 9.47 Å². The molecule has 1 aliphatic carbocycles. The van der Waals surface area contributed by atoms with Gasteiger partial charge in [0.25, 0.3) is 5.69 Å². The Balaban J connectivity index is 1.31. The SMILES string of the molecule is COc1ccc([N+](=O)[O-])cc1C#CCCNC(=O)OCC1c2ccccc2-c2ccccc21. The third kappa shape index (κ3) is 4.80. The molecular weight excluding hydrogens is 420 g/mol. The van der Waals surface area contributed by atoms with Gasteiger partial charge in [-0.3, -0.25) is 10.1 Å². The van der Waals surface area contributed by atoms with Gasteiger partial charge < -0.3 is 14.8 Å². The van der Waals surface area contributed by atoms with Gasteiger partial charge in [-0.1, -0.05) is 60.4 Å². The number of amides is 1. The zero-order valence-electron chi connectivity index (χ0n) is 18.0. The van der Waals surface area contributed by atoms with Crippen molar-refractivity contribution < 1.29 is 19.2 Å². The summed E-state index contributed by atoms with van der Waals surface area (Å²) in [6, 6.07) is 20.6. The van der Waals surface area contributed by atoms with Gasteiger partial charge in [0.05, 0.1) is 17.6 Å². The van der Waals surface area contributed by atoms with E-state index in [2.05, 4.69) is 41.4 Å². The maximum Gasteiger partial charge on any atom is 0.407 e.